The van der Waals surface area contributed by atoms with Gasteiger partial charge < -0.3 is 9.84 Å². The minimum Gasteiger partial charge on any atom is -0.491 e. The quantitative estimate of drug-likeness (QED) is 0.735. The van der Waals surface area contributed by atoms with Gasteiger partial charge in [-0.05, 0) is 36.4 Å². The van der Waals surface area contributed by atoms with Gasteiger partial charge in [-0.25, -0.2) is 14.4 Å². The number of aliphatic hydroxyl groups excluding tert-OH is 1. The number of alkyl halides is 1. The molecule has 0 radical (unpaired) electrons. The molecule has 3 rings (SSSR count). The molecule has 1 unspecified atom stereocenters. The zero-order valence-electron chi connectivity index (χ0n) is 12.1. The number of nitrogens with zero attached hydrogens (tertiary/aromatic N) is 2. The summed E-state index contributed by atoms with van der Waals surface area (Å²) in [6.45, 7) is -0.945. The van der Waals surface area contributed by atoms with Gasteiger partial charge in [-0.3, -0.25) is 0 Å². The van der Waals surface area contributed by atoms with Crippen molar-refractivity contribution in [3.63, 3.8) is 0 Å². The molecule has 0 spiro atoms. The van der Waals surface area contributed by atoms with Gasteiger partial charge in [0.05, 0.1) is 11.2 Å². The molecule has 23 heavy (non-hydrogen) atoms. The molecular formula is C17H14F2N2O2. The number of aliphatic hydroxyl groups is 1. The van der Waals surface area contributed by atoms with Crippen LogP contribution in [-0.4, -0.2) is 34.5 Å². The Morgan fingerprint density at radius 1 is 1.13 bits per heavy atom. The van der Waals surface area contributed by atoms with Gasteiger partial charge in [0.1, 0.15) is 25.1 Å². The zero-order valence-corrected chi connectivity index (χ0v) is 12.1. The Bertz CT molecular complexity index is 809. The first-order chi connectivity index (χ1) is 11.2. The molecule has 3 aromatic rings. The van der Waals surface area contributed by atoms with E-state index < -0.39 is 18.7 Å². The van der Waals surface area contributed by atoms with Crippen molar-refractivity contribution < 1.29 is 18.6 Å². The molecule has 118 valence electrons. The average Bonchev–Trinajstić information content (AvgIpc) is 2.59. The van der Waals surface area contributed by atoms with Crippen LogP contribution in [0.3, 0.4) is 0 Å². The lowest BCUT2D eigenvalue weighted by Crippen LogP contribution is -2.19. The molecular weight excluding hydrogens is 302 g/mol. The average molecular weight is 316 g/mol. The van der Waals surface area contributed by atoms with E-state index in [-0.39, 0.29) is 6.61 Å². The molecule has 0 amide bonds. The summed E-state index contributed by atoms with van der Waals surface area (Å²) in [6, 6.07) is 11.8. The van der Waals surface area contributed by atoms with Crippen LogP contribution in [0.25, 0.3) is 22.2 Å². The summed E-state index contributed by atoms with van der Waals surface area (Å²) in [6.07, 6.45) is 0.302. The topological polar surface area (TPSA) is 55.2 Å². The van der Waals surface area contributed by atoms with Crippen molar-refractivity contribution in [3.05, 3.63) is 54.6 Å². The predicted octanol–water partition coefficient (Wildman–Crippen LogP) is 3.15. The van der Waals surface area contributed by atoms with Gasteiger partial charge in [-0.2, -0.15) is 4.39 Å². The van der Waals surface area contributed by atoms with Crippen LogP contribution in [0.1, 0.15) is 0 Å². The molecule has 0 saturated carbocycles. The number of pyridine rings is 2. The molecule has 4 nitrogen and oxygen atoms in total. The fourth-order valence-corrected chi connectivity index (χ4v) is 2.12. The molecule has 6 heteroatoms. The van der Waals surface area contributed by atoms with Crippen molar-refractivity contribution in [3.8, 4) is 17.0 Å². The maximum Gasteiger partial charge on any atom is 0.212 e. The van der Waals surface area contributed by atoms with Crippen molar-refractivity contribution in [1.82, 2.24) is 9.97 Å². The van der Waals surface area contributed by atoms with E-state index in [0.717, 1.165) is 16.5 Å². The molecule has 0 aliphatic carbocycles. The Balaban J connectivity index is 1.85. The van der Waals surface area contributed by atoms with Crippen LogP contribution in [0.2, 0.25) is 0 Å². The van der Waals surface area contributed by atoms with E-state index in [1.807, 2.05) is 6.07 Å². The highest BCUT2D eigenvalue weighted by atomic mass is 19.1. The Morgan fingerprint density at radius 3 is 2.74 bits per heavy atom. The highest BCUT2D eigenvalue weighted by molar-refractivity contribution is 5.82. The summed E-state index contributed by atoms with van der Waals surface area (Å²) >= 11 is 0. The van der Waals surface area contributed by atoms with Gasteiger partial charge in [0.15, 0.2) is 0 Å². The third kappa shape index (κ3) is 3.60. The van der Waals surface area contributed by atoms with Crippen molar-refractivity contribution in [2.75, 3.05) is 13.3 Å². The summed E-state index contributed by atoms with van der Waals surface area (Å²) in [5, 5.41) is 10.0. The van der Waals surface area contributed by atoms with Crippen LogP contribution in [0.15, 0.2) is 48.7 Å². The van der Waals surface area contributed by atoms with Gasteiger partial charge in [0, 0.05) is 17.1 Å². The van der Waals surface area contributed by atoms with Crippen LogP contribution in [0, 0.1) is 5.95 Å². The monoisotopic (exact) mass is 316 g/mol. The molecule has 0 saturated heterocycles. The first-order valence-electron chi connectivity index (χ1n) is 7.05. The lowest BCUT2D eigenvalue weighted by atomic mass is 10.1. The van der Waals surface area contributed by atoms with Crippen LogP contribution in [0.5, 0.6) is 5.75 Å². The number of hydrogen-bond acceptors (Lipinski definition) is 4. The van der Waals surface area contributed by atoms with Crippen LogP contribution in [0.4, 0.5) is 8.78 Å². The minimum absolute atomic E-state index is 0.102. The second-order valence-corrected chi connectivity index (χ2v) is 5.04. The molecule has 1 N–H and O–H groups in total. The van der Waals surface area contributed by atoms with Gasteiger partial charge in [-0.15, -0.1) is 0 Å². The van der Waals surface area contributed by atoms with E-state index in [0.29, 0.717) is 11.4 Å². The summed E-state index contributed by atoms with van der Waals surface area (Å²) in [5.74, 6) is -0.00482. The molecule has 2 aromatic heterocycles. The third-order valence-corrected chi connectivity index (χ3v) is 3.30. The summed E-state index contributed by atoms with van der Waals surface area (Å²) < 4.78 is 30.4. The van der Waals surface area contributed by atoms with Crippen LogP contribution >= 0.6 is 0 Å². The third-order valence-electron chi connectivity index (χ3n) is 3.30. The zero-order chi connectivity index (χ0) is 16.2. The largest absolute Gasteiger partial charge is 0.491 e. The molecule has 0 fully saturated rings. The maximum absolute atomic E-state index is 12.9. The Labute approximate surface area is 131 Å². The number of aromatic nitrogens is 2. The highest BCUT2D eigenvalue weighted by Crippen LogP contribution is 2.24. The van der Waals surface area contributed by atoms with Crippen molar-refractivity contribution in [2.24, 2.45) is 0 Å². The lowest BCUT2D eigenvalue weighted by molar-refractivity contribution is 0.0842. The van der Waals surface area contributed by atoms with Crippen LogP contribution < -0.4 is 4.74 Å². The van der Waals surface area contributed by atoms with Gasteiger partial charge >= 0.3 is 0 Å². The smallest absolute Gasteiger partial charge is 0.212 e. The van der Waals surface area contributed by atoms with Gasteiger partial charge in [0.2, 0.25) is 5.95 Å². The molecule has 2 heterocycles. The van der Waals surface area contributed by atoms with Crippen molar-refractivity contribution in [1.29, 1.82) is 0 Å². The van der Waals surface area contributed by atoms with Gasteiger partial charge in [0.25, 0.3) is 0 Å². The first-order valence-corrected chi connectivity index (χ1v) is 7.05. The molecule has 0 aliphatic heterocycles. The normalized spacial score (nSPS) is 12.3. The highest BCUT2D eigenvalue weighted by Gasteiger charge is 2.06. The summed E-state index contributed by atoms with van der Waals surface area (Å²) in [7, 11) is 0. The van der Waals surface area contributed by atoms with Crippen LogP contribution in [-0.2, 0) is 0 Å². The number of ether oxygens (including phenoxy) is 1. The van der Waals surface area contributed by atoms with Crippen molar-refractivity contribution in [2.45, 2.75) is 6.10 Å². The second kappa shape index (κ2) is 6.66. The van der Waals surface area contributed by atoms with E-state index in [2.05, 4.69) is 9.97 Å². The number of benzene rings is 1. The minimum atomic E-state index is -1.13. The number of hydrogen-bond donors (Lipinski definition) is 1. The number of halogens is 2. The fraction of sp³-hybridized carbons (Fsp3) is 0.176. The molecule has 0 aliphatic rings. The van der Waals surface area contributed by atoms with Crippen molar-refractivity contribution >= 4 is 10.9 Å². The van der Waals surface area contributed by atoms with E-state index in [9.17, 15) is 8.78 Å². The Morgan fingerprint density at radius 2 is 2.00 bits per heavy atom. The first kappa shape index (κ1) is 15.3. The predicted molar refractivity (Wildman–Crippen MR) is 82.4 cm³/mol. The molecule has 0 bridgehead atoms. The van der Waals surface area contributed by atoms with E-state index in [1.54, 1.807) is 30.3 Å². The molecule has 1 atom stereocenters. The molecule has 1 aromatic carbocycles. The SMILES string of the molecule is OC(CF)COc1ccc2nc(-c3ccc(F)nc3)ccc2c1. The van der Waals surface area contributed by atoms with E-state index in [4.69, 9.17) is 9.84 Å². The summed E-state index contributed by atoms with van der Waals surface area (Å²) in [5.41, 5.74) is 2.15. The second-order valence-electron chi connectivity index (χ2n) is 5.04. The Hall–Kier alpha value is -2.60. The lowest BCUT2D eigenvalue weighted by Gasteiger charge is -2.10. The standard InChI is InChI=1S/C17H14F2N2O2/c18-8-13(22)10-23-14-3-5-15-11(7-14)1-4-16(21-15)12-2-6-17(19)20-9-12/h1-7,9,13,22H,8,10H2. The Kier molecular flexibility index (Phi) is 4.43. The van der Waals surface area contributed by atoms with Gasteiger partial charge in [-0.1, -0.05) is 6.07 Å². The van der Waals surface area contributed by atoms with E-state index >= 15 is 0 Å². The maximum atomic E-state index is 12.9. The number of rotatable bonds is 5. The number of fused-ring (bicyclic) bond motifs is 1. The summed E-state index contributed by atoms with van der Waals surface area (Å²) in [4.78, 5) is 8.12. The fourth-order valence-electron chi connectivity index (χ4n) is 2.12. The van der Waals surface area contributed by atoms with E-state index in [1.165, 1.54) is 12.3 Å².